The van der Waals surface area contributed by atoms with Crippen LogP contribution in [0.3, 0.4) is 0 Å². The Hall–Kier alpha value is -2.73. The zero-order valence-corrected chi connectivity index (χ0v) is 11.6. The van der Waals surface area contributed by atoms with Gasteiger partial charge in [0.1, 0.15) is 18.0 Å². The van der Waals surface area contributed by atoms with Crippen LogP contribution in [0.2, 0.25) is 0 Å². The highest BCUT2D eigenvalue weighted by Gasteiger charge is 2.50. The molecule has 0 bridgehead atoms. The van der Waals surface area contributed by atoms with E-state index < -0.39 is 23.2 Å². The molecule has 2 aromatic rings. The Balaban J connectivity index is 2.37. The van der Waals surface area contributed by atoms with Crippen LogP contribution in [0, 0.1) is 0 Å². The molecular formula is C16H15NO5. The van der Waals surface area contributed by atoms with E-state index in [0.717, 1.165) is 0 Å². The van der Waals surface area contributed by atoms with Gasteiger partial charge in [-0.3, -0.25) is 4.79 Å². The maximum Gasteiger partial charge on any atom is 0.332 e. The fraction of sp³-hybridized carbons (Fsp3) is 0.188. The minimum Gasteiger partial charge on any atom is -0.480 e. The Morgan fingerprint density at radius 3 is 2.41 bits per heavy atom. The number of Topliss-reactive ketones (excluding diaryl/α,β-unsaturated/α-hetero) is 1. The molecule has 114 valence electrons. The van der Waals surface area contributed by atoms with Gasteiger partial charge in [0.2, 0.25) is 0 Å². The van der Waals surface area contributed by atoms with Gasteiger partial charge in [-0.1, -0.05) is 30.3 Å². The number of furan rings is 1. The summed E-state index contributed by atoms with van der Waals surface area (Å²) in [6.45, 7) is 0. The van der Waals surface area contributed by atoms with E-state index in [1.165, 1.54) is 18.4 Å². The molecule has 3 N–H and O–H groups in total. The number of hydrogen-bond acceptors (Lipinski definition) is 5. The number of carbonyl (C=O) groups is 3. The van der Waals surface area contributed by atoms with Crippen molar-refractivity contribution in [3.8, 4) is 0 Å². The number of rotatable bonds is 7. The normalized spacial score (nSPS) is 14.8. The van der Waals surface area contributed by atoms with Crippen LogP contribution in [-0.2, 0) is 20.8 Å². The summed E-state index contributed by atoms with van der Waals surface area (Å²) in [5.74, 6) is -3.68. The molecule has 0 aliphatic rings. The van der Waals surface area contributed by atoms with Crippen LogP contribution in [0.1, 0.15) is 17.2 Å². The van der Waals surface area contributed by atoms with E-state index >= 15 is 0 Å². The number of aliphatic carboxylic acids is 1. The van der Waals surface area contributed by atoms with E-state index in [4.69, 9.17) is 10.2 Å². The van der Waals surface area contributed by atoms with Crippen molar-refractivity contribution >= 4 is 18.0 Å². The van der Waals surface area contributed by atoms with E-state index in [9.17, 15) is 19.5 Å². The second-order valence-corrected chi connectivity index (χ2v) is 4.89. The van der Waals surface area contributed by atoms with Crippen molar-refractivity contribution in [2.75, 3.05) is 0 Å². The molecule has 0 aliphatic heterocycles. The number of nitrogens with two attached hydrogens (primary N) is 1. The first-order valence-electron chi connectivity index (χ1n) is 6.58. The molecule has 1 heterocycles. The summed E-state index contributed by atoms with van der Waals surface area (Å²) >= 11 is 0. The van der Waals surface area contributed by atoms with E-state index in [1.54, 1.807) is 30.3 Å². The van der Waals surface area contributed by atoms with Crippen LogP contribution in [0.15, 0.2) is 53.1 Å². The van der Waals surface area contributed by atoms with Crippen molar-refractivity contribution in [1.82, 2.24) is 0 Å². The number of benzene rings is 1. The fourth-order valence-electron chi connectivity index (χ4n) is 2.22. The maximum atomic E-state index is 12.5. The molecule has 0 radical (unpaired) electrons. The van der Waals surface area contributed by atoms with Gasteiger partial charge < -0.3 is 20.1 Å². The zero-order valence-electron chi connectivity index (χ0n) is 11.6. The first-order valence-corrected chi connectivity index (χ1v) is 6.58. The first kappa shape index (κ1) is 15.7. The summed E-state index contributed by atoms with van der Waals surface area (Å²) in [5.41, 5.74) is 4.08. The average molecular weight is 301 g/mol. The van der Waals surface area contributed by atoms with E-state index in [-0.39, 0.29) is 12.2 Å². The summed E-state index contributed by atoms with van der Waals surface area (Å²) in [5, 5.41) is 9.43. The molecule has 0 aliphatic carbocycles. The molecule has 1 aromatic carbocycles. The Morgan fingerprint density at radius 1 is 1.23 bits per heavy atom. The highest BCUT2D eigenvalue weighted by molar-refractivity contribution is 6.11. The van der Waals surface area contributed by atoms with Crippen molar-refractivity contribution in [3.63, 3.8) is 0 Å². The van der Waals surface area contributed by atoms with Gasteiger partial charge in [-0.15, -0.1) is 0 Å². The standard InChI is InChI=1S/C16H15NO5/c17-16(15(20)21,12(10-18)13-7-4-8-22-13)14(19)9-11-5-2-1-3-6-11/h1-8,10,12H,9,17H2,(H,20,21). The Kier molecular flexibility index (Phi) is 4.53. The molecule has 22 heavy (non-hydrogen) atoms. The van der Waals surface area contributed by atoms with E-state index in [2.05, 4.69) is 0 Å². The second-order valence-electron chi connectivity index (χ2n) is 4.89. The molecule has 0 saturated heterocycles. The zero-order chi connectivity index (χ0) is 16.2. The monoisotopic (exact) mass is 301 g/mol. The van der Waals surface area contributed by atoms with Crippen LogP contribution in [0.5, 0.6) is 0 Å². The maximum absolute atomic E-state index is 12.5. The smallest absolute Gasteiger partial charge is 0.332 e. The van der Waals surface area contributed by atoms with Gasteiger partial charge in [0.05, 0.1) is 6.26 Å². The van der Waals surface area contributed by atoms with Crippen molar-refractivity contribution in [3.05, 3.63) is 60.1 Å². The third kappa shape index (κ3) is 2.82. The van der Waals surface area contributed by atoms with Gasteiger partial charge in [0.15, 0.2) is 11.3 Å². The SMILES string of the molecule is NC(C(=O)O)(C(=O)Cc1ccccc1)C(C=O)c1ccco1. The van der Waals surface area contributed by atoms with Crippen molar-refractivity contribution in [2.45, 2.75) is 17.9 Å². The number of carboxylic acids is 1. The minimum absolute atomic E-state index is 0.0429. The molecule has 2 rings (SSSR count). The summed E-state index contributed by atoms with van der Waals surface area (Å²) in [6.07, 6.45) is 1.43. The van der Waals surface area contributed by atoms with Gasteiger partial charge >= 0.3 is 5.97 Å². The van der Waals surface area contributed by atoms with Gasteiger partial charge in [-0.05, 0) is 17.7 Å². The van der Waals surface area contributed by atoms with Crippen LogP contribution < -0.4 is 5.73 Å². The summed E-state index contributed by atoms with van der Waals surface area (Å²) in [7, 11) is 0. The first-order chi connectivity index (χ1) is 10.5. The quantitative estimate of drug-likeness (QED) is 0.586. The number of carboxylic acid groups (broad SMARTS) is 1. The van der Waals surface area contributed by atoms with Crippen LogP contribution >= 0.6 is 0 Å². The Morgan fingerprint density at radius 2 is 1.91 bits per heavy atom. The molecule has 0 spiro atoms. The van der Waals surface area contributed by atoms with Gasteiger partial charge in [-0.25, -0.2) is 4.79 Å². The minimum atomic E-state index is -2.38. The van der Waals surface area contributed by atoms with Crippen LogP contribution in [0.4, 0.5) is 0 Å². The summed E-state index contributed by atoms with van der Waals surface area (Å²) in [4.78, 5) is 35.4. The van der Waals surface area contributed by atoms with E-state index in [1.807, 2.05) is 0 Å². The molecule has 1 aromatic heterocycles. The summed E-state index contributed by atoms with van der Waals surface area (Å²) in [6, 6.07) is 11.5. The predicted molar refractivity (Wildman–Crippen MR) is 77.2 cm³/mol. The van der Waals surface area contributed by atoms with Crippen molar-refractivity contribution in [1.29, 1.82) is 0 Å². The molecule has 0 amide bonds. The lowest BCUT2D eigenvalue weighted by Gasteiger charge is -2.27. The molecule has 0 fully saturated rings. The van der Waals surface area contributed by atoms with Crippen molar-refractivity contribution in [2.24, 2.45) is 5.73 Å². The lowest BCUT2D eigenvalue weighted by Crippen LogP contribution is -2.60. The highest BCUT2D eigenvalue weighted by Crippen LogP contribution is 2.28. The average Bonchev–Trinajstić information content (AvgIpc) is 3.02. The largest absolute Gasteiger partial charge is 0.480 e. The van der Waals surface area contributed by atoms with Crippen LogP contribution in [-0.4, -0.2) is 28.7 Å². The topological polar surface area (TPSA) is 111 Å². The Bertz CT molecular complexity index is 665. The van der Waals surface area contributed by atoms with E-state index in [0.29, 0.717) is 11.8 Å². The molecule has 2 unspecified atom stereocenters. The predicted octanol–water partition coefficient (Wildman–Crippen LogP) is 1.16. The second kappa shape index (κ2) is 6.36. The molecular weight excluding hydrogens is 286 g/mol. The van der Waals surface area contributed by atoms with Crippen molar-refractivity contribution < 1.29 is 23.9 Å². The lowest BCUT2D eigenvalue weighted by molar-refractivity contribution is -0.150. The fourth-order valence-corrected chi connectivity index (χ4v) is 2.22. The van der Waals surface area contributed by atoms with Crippen LogP contribution in [0.25, 0.3) is 0 Å². The summed E-state index contributed by atoms with van der Waals surface area (Å²) < 4.78 is 5.06. The molecule has 0 saturated carbocycles. The third-order valence-corrected chi connectivity index (χ3v) is 3.50. The highest BCUT2D eigenvalue weighted by atomic mass is 16.4. The number of carbonyl (C=O) groups excluding carboxylic acids is 2. The third-order valence-electron chi connectivity index (χ3n) is 3.50. The molecule has 6 nitrogen and oxygen atoms in total. The number of aldehydes is 1. The van der Waals surface area contributed by atoms with Gasteiger partial charge in [0.25, 0.3) is 0 Å². The van der Waals surface area contributed by atoms with Gasteiger partial charge in [-0.2, -0.15) is 0 Å². The molecule has 2 atom stereocenters. The van der Waals surface area contributed by atoms with Gasteiger partial charge in [0, 0.05) is 6.42 Å². The molecule has 6 heteroatoms. The number of hydrogen-bond donors (Lipinski definition) is 2. The number of ketones is 1. The Labute approximate surface area is 126 Å². The lowest BCUT2D eigenvalue weighted by atomic mass is 9.78.